The van der Waals surface area contributed by atoms with Crippen LogP contribution in [-0.4, -0.2) is 0 Å². The van der Waals surface area contributed by atoms with Crippen LogP contribution in [0.25, 0.3) is 23.3 Å². The molecule has 0 unspecified atom stereocenters. The molecule has 0 atom stereocenters. The summed E-state index contributed by atoms with van der Waals surface area (Å²) in [5.74, 6) is 0. The van der Waals surface area contributed by atoms with Crippen LogP contribution in [0, 0.1) is 6.92 Å². The molecule has 0 spiro atoms. The van der Waals surface area contributed by atoms with Crippen LogP contribution < -0.4 is 0 Å². The fraction of sp³-hybridized carbons (Fsp3) is 0.212. The second kappa shape index (κ2) is 17.2. The molecule has 2 rings (SSSR count). The number of aryl methyl sites for hydroxylation is 1. The minimum atomic E-state index is 1.09. The average molecular weight is 439 g/mol. The molecule has 0 radical (unpaired) electrons. The van der Waals surface area contributed by atoms with Gasteiger partial charge in [0.25, 0.3) is 0 Å². The van der Waals surface area contributed by atoms with Crippen LogP contribution >= 0.6 is 0 Å². The van der Waals surface area contributed by atoms with E-state index in [1.54, 1.807) is 0 Å². The molecule has 0 saturated heterocycles. The number of hydrogen-bond donors (Lipinski definition) is 0. The molecule has 0 bridgehead atoms. The van der Waals surface area contributed by atoms with Crippen molar-refractivity contribution in [3.05, 3.63) is 134 Å². The van der Waals surface area contributed by atoms with Gasteiger partial charge in [0, 0.05) is 0 Å². The number of unbranched alkanes of at least 4 members (excludes halogenated alkanes) is 2. The Morgan fingerprint density at radius 1 is 0.788 bits per heavy atom. The molecule has 2 aromatic carbocycles. The molecule has 0 N–H and O–H groups in total. The lowest BCUT2D eigenvalue weighted by atomic mass is 9.98. The zero-order chi connectivity index (χ0) is 25.2. The molecule has 0 nitrogen and oxygen atoms in total. The van der Waals surface area contributed by atoms with Crippen molar-refractivity contribution >= 4 is 23.3 Å². The number of rotatable bonds is 9. The predicted octanol–water partition coefficient (Wildman–Crippen LogP) is 10.5. The van der Waals surface area contributed by atoms with Gasteiger partial charge in [-0.25, -0.2) is 0 Å². The van der Waals surface area contributed by atoms with Crippen LogP contribution in [0.2, 0.25) is 0 Å². The third-order valence-corrected chi connectivity index (χ3v) is 5.04. The molecular weight excluding hydrogens is 396 g/mol. The van der Waals surface area contributed by atoms with E-state index >= 15 is 0 Å². The fourth-order valence-corrected chi connectivity index (χ4v) is 3.11. The molecule has 2 aromatic rings. The summed E-state index contributed by atoms with van der Waals surface area (Å²) in [6.07, 6.45) is 13.2. The Bertz CT molecular complexity index is 936. The lowest BCUT2D eigenvalue weighted by molar-refractivity contribution is 0.813. The van der Waals surface area contributed by atoms with E-state index in [1.165, 1.54) is 35.1 Å². The molecule has 0 fully saturated rings. The Kier molecular flexibility index (Phi) is 15.4. The SMILES string of the molecule is C=C(C)c1ccccc1C(=C)C.C=CC(C=C)=CCCCC.C=Cc1cccc(C)c1C=C. The van der Waals surface area contributed by atoms with Gasteiger partial charge in [0.1, 0.15) is 0 Å². The van der Waals surface area contributed by atoms with E-state index in [9.17, 15) is 0 Å². The summed E-state index contributed by atoms with van der Waals surface area (Å²) in [5, 5.41) is 0. The highest BCUT2D eigenvalue weighted by Crippen LogP contribution is 2.22. The highest BCUT2D eigenvalue weighted by atomic mass is 14.1. The lowest BCUT2D eigenvalue weighted by Crippen LogP contribution is -1.86. The first-order valence-electron chi connectivity index (χ1n) is 11.5. The largest absolute Gasteiger partial charge is 0.0985 e. The fourth-order valence-electron chi connectivity index (χ4n) is 3.11. The van der Waals surface area contributed by atoms with Crippen LogP contribution in [-0.2, 0) is 0 Å². The maximum Gasteiger partial charge on any atom is -0.0158 e. The Morgan fingerprint density at radius 2 is 1.33 bits per heavy atom. The number of benzene rings is 2. The van der Waals surface area contributed by atoms with Crippen LogP contribution in [0.3, 0.4) is 0 Å². The first kappa shape index (κ1) is 29.6. The van der Waals surface area contributed by atoms with E-state index in [0.717, 1.165) is 28.7 Å². The zero-order valence-corrected chi connectivity index (χ0v) is 21.3. The quantitative estimate of drug-likeness (QED) is 0.270. The summed E-state index contributed by atoms with van der Waals surface area (Å²) in [6, 6.07) is 14.3. The summed E-state index contributed by atoms with van der Waals surface area (Å²) in [5.41, 5.74) is 9.31. The lowest BCUT2D eigenvalue weighted by Gasteiger charge is -2.07. The maximum absolute atomic E-state index is 3.93. The molecular formula is C33H42. The minimum absolute atomic E-state index is 1.09. The summed E-state index contributed by atoms with van der Waals surface area (Å²) in [7, 11) is 0. The predicted molar refractivity (Wildman–Crippen MR) is 155 cm³/mol. The second-order valence-electron chi connectivity index (χ2n) is 7.85. The summed E-state index contributed by atoms with van der Waals surface area (Å²) in [4.78, 5) is 0. The second-order valence-corrected chi connectivity index (χ2v) is 7.85. The molecule has 0 saturated carbocycles. The van der Waals surface area contributed by atoms with Crippen molar-refractivity contribution in [2.45, 2.75) is 47.0 Å². The first-order chi connectivity index (χ1) is 15.8. The summed E-state index contributed by atoms with van der Waals surface area (Å²) >= 11 is 0. The van der Waals surface area contributed by atoms with E-state index < -0.39 is 0 Å². The Balaban J connectivity index is 0.000000468. The van der Waals surface area contributed by atoms with E-state index in [0.29, 0.717) is 0 Å². The maximum atomic E-state index is 3.93. The van der Waals surface area contributed by atoms with E-state index in [-0.39, 0.29) is 0 Å². The van der Waals surface area contributed by atoms with Gasteiger partial charge in [0.2, 0.25) is 0 Å². The molecule has 0 amide bonds. The monoisotopic (exact) mass is 438 g/mol. The van der Waals surface area contributed by atoms with Gasteiger partial charge in [-0.05, 0) is 60.6 Å². The Hall–Kier alpha value is -3.38. The van der Waals surface area contributed by atoms with Gasteiger partial charge in [0.15, 0.2) is 0 Å². The molecule has 0 aliphatic rings. The normalized spacial score (nSPS) is 9.09. The van der Waals surface area contributed by atoms with Crippen molar-refractivity contribution in [3.8, 4) is 0 Å². The smallest absolute Gasteiger partial charge is 0.0158 e. The van der Waals surface area contributed by atoms with Crippen molar-refractivity contribution in [1.29, 1.82) is 0 Å². The van der Waals surface area contributed by atoms with Crippen LogP contribution in [0.15, 0.2) is 106 Å². The molecule has 0 heterocycles. The van der Waals surface area contributed by atoms with Crippen molar-refractivity contribution in [1.82, 2.24) is 0 Å². The Morgan fingerprint density at radius 3 is 1.70 bits per heavy atom. The summed E-state index contributed by atoms with van der Waals surface area (Å²) < 4.78 is 0. The summed E-state index contributed by atoms with van der Waals surface area (Å²) in [6.45, 7) is 31.0. The standard InChI is InChI=1S/C12H14.C11H12.C10H16/c1-9(2)11-7-5-6-8-12(11)10(3)4;1-4-10-8-6-7-9(3)11(10)5-2;1-4-7-8-9-10(5-2)6-3/h5-8H,1,3H2,2,4H3;4-8H,1-2H2,3H3;5-6,9H,2-4,7-8H2,1H3. The topological polar surface area (TPSA) is 0 Å². The molecule has 33 heavy (non-hydrogen) atoms. The highest BCUT2D eigenvalue weighted by Gasteiger charge is 2.01. The number of allylic oxidation sites excluding steroid dienone is 6. The third kappa shape index (κ3) is 11.2. The molecule has 0 aromatic heterocycles. The van der Waals surface area contributed by atoms with Crippen molar-refractivity contribution in [2.75, 3.05) is 0 Å². The van der Waals surface area contributed by atoms with Crippen LogP contribution in [0.1, 0.15) is 67.9 Å². The van der Waals surface area contributed by atoms with Gasteiger partial charge in [-0.2, -0.15) is 0 Å². The van der Waals surface area contributed by atoms with E-state index in [2.05, 4.69) is 77.6 Å². The average Bonchev–Trinajstić information content (AvgIpc) is 2.82. The zero-order valence-electron chi connectivity index (χ0n) is 21.3. The number of hydrogen-bond acceptors (Lipinski definition) is 0. The van der Waals surface area contributed by atoms with Gasteiger partial charge in [-0.1, -0.05) is 143 Å². The molecule has 0 aliphatic carbocycles. The van der Waals surface area contributed by atoms with Gasteiger partial charge in [-0.15, -0.1) is 0 Å². The minimum Gasteiger partial charge on any atom is -0.0985 e. The Labute approximate surface area is 203 Å². The third-order valence-electron chi connectivity index (χ3n) is 5.04. The molecule has 0 aliphatic heterocycles. The van der Waals surface area contributed by atoms with Crippen molar-refractivity contribution < 1.29 is 0 Å². The van der Waals surface area contributed by atoms with E-state index in [4.69, 9.17) is 0 Å². The van der Waals surface area contributed by atoms with Gasteiger partial charge in [0.05, 0.1) is 0 Å². The van der Waals surface area contributed by atoms with Crippen molar-refractivity contribution in [2.24, 2.45) is 0 Å². The highest BCUT2D eigenvalue weighted by molar-refractivity contribution is 5.76. The van der Waals surface area contributed by atoms with Gasteiger partial charge >= 0.3 is 0 Å². The van der Waals surface area contributed by atoms with E-state index in [1.807, 2.05) is 62.4 Å². The molecule has 174 valence electrons. The van der Waals surface area contributed by atoms with Crippen molar-refractivity contribution in [3.63, 3.8) is 0 Å². The van der Waals surface area contributed by atoms with Gasteiger partial charge in [-0.3, -0.25) is 0 Å². The van der Waals surface area contributed by atoms with Crippen LogP contribution in [0.4, 0.5) is 0 Å². The van der Waals surface area contributed by atoms with Gasteiger partial charge < -0.3 is 0 Å². The van der Waals surface area contributed by atoms with Crippen LogP contribution in [0.5, 0.6) is 0 Å². The first-order valence-corrected chi connectivity index (χ1v) is 11.5. The molecule has 0 heteroatoms.